The van der Waals surface area contributed by atoms with Crippen LogP contribution in [0, 0.1) is 13.8 Å². The van der Waals surface area contributed by atoms with E-state index in [1.807, 2.05) is 32.0 Å². The summed E-state index contributed by atoms with van der Waals surface area (Å²) < 4.78 is 6.62. The molecule has 1 aromatic heterocycles. The lowest BCUT2D eigenvalue weighted by atomic mass is 10.0. The van der Waals surface area contributed by atoms with Crippen LogP contribution in [0.1, 0.15) is 27.0 Å². The van der Waals surface area contributed by atoms with E-state index in [-0.39, 0.29) is 29.7 Å². The number of rotatable bonds is 6. The third-order valence-corrected chi connectivity index (χ3v) is 4.98. The van der Waals surface area contributed by atoms with Crippen molar-refractivity contribution in [2.45, 2.75) is 27.0 Å². The Hall–Kier alpha value is -2.63. The zero-order chi connectivity index (χ0) is 20.3. The van der Waals surface area contributed by atoms with E-state index in [0.717, 1.165) is 21.4 Å². The van der Waals surface area contributed by atoms with Gasteiger partial charge in [-0.05, 0) is 48.7 Å². The largest absolute Gasteiger partial charge is 0.485 e. The summed E-state index contributed by atoms with van der Waals surface area (Å²) in [5.74, 6) is -0.0555. The zero-order valence-electron chi connectivity index (χ0n) is 15.4. The van der Waals surface area contributed by atoms with Crippen LogP contribution in [0.2, 0.25) is 10.0 Å². The number of halogens is 2. The summed E-state index contributed by atoms with van der Waals surface area (Å²) in [5, 5.41) is 4.53. The average molecular weight is 417 g/mol. The van der Waals surface area contributed by atoms with Gasteiger partial charge in [0.25, 0.3) is 5.56 Å². The molecule has 0 radical (unpaired) electrons. The molecular weight excluding hydrogens is 399 g/mol. The predicted molar refractivity (Wildman–Crippen MR) is 110 cm³/mol. The highest BCUT2D eigenvalue weighted by atomic mass is 35.5. The van der Waals surface area contributed by atoms with Crippen molar-refractivity contribution in [2.24, 2.45) is 0 Å². The number of aryl methyl sites for hydroxylation is 2. The lowest BCUT2D eigenvalue weighted by molar-refractivity contribution is 0.0965. The number of Topliss-reactive ketones (excluding diaryl/α,β-unsaturated/α-hetero) is 1. The van der Waals surface area contributed by atoms with Crippen molar-refractivity contribution >= 4 is 29.0 Å². The molecule has 144 valence electrons. The Morgan fingerprint density at radius 1 is 1.07 bits per heavy atom. The van der Waals surface area contributed by atoms with Crippen LogP contribution in [-0.4, -0.2) is 15.6 Å². The van der Waals surface area contributed by atoms with Crippen LogP contribution < -0.4 is 10.3 Å². The highest BCUT2D eigenvalue weighted by Gasteiger charge is 2.15. The van der Waals surface area contributed by atoms with Crippen molar-refractivity contribution < 1.29 is 9.53 Å². The number of ketones is 1. The van der Waals surface area contributed by atoms with E-state index >= 15 is 0 Å². The Kier molecular flexibility index (Phi) is 6.17. The van der Waals surface area contributed by atoms with E-state index in [9.17, 15) is 9.59 Å². The molecule has 3 rings (SSSR count). The first-order valence-electron chi connectivity index (χ1n) is 8.58. The van der Waals surface area contributed by atoms with Gasteiger partial charge >= 0.3 is 0 Å². The normalized spacial score (nSPS) is 10.7. The zero-order valence-corrected chi connectivity index (χ0v) is 16.9. The maximum Gasteiger partial charge on any atom is 0.289 e. The Bertz CT molecular complexity index is 1080. The van der Waals surface area contributed by atoms with Crippen LogP contribution in [0.3, 0.4) is 0 Å². The van der Waals surface area contributed by atoms with Crippen molar-refractivity contribution in [3.8, 4) is 5.75 Å². The summed E-state index contributed by atoms with van der Waals surface area (Å²) in [7, 11) is 0. The summed E-state index contributed by atoms with van der Waals surface area (Å²) in [6.45, 7) is 3.92. The summed E-state index contributed by atoms with van der Waals surface area (Å²) in [6, 6.07) is 12.5. The fraction of sp³-hybridized carbons (Fsp3) is 0.190. The van der Waals surface area contributed by atoms with Gasteiger partial charge in [-0.2, -0.15) is 5.10 Å². The topological polar surface area (TPSA) is 61.2 Å². The van der Waals surface area contributed by atoms with E-state index in [1.54, 1.807) is 24.3 Å². The van der Waals surface area contributed by atoms with Crippen LogP contribution in [0.4, 0.5) is 0 Å². The van der Waals surface area contributed by atoms with Crippen molar-refractivity contribution in [3.05, 3.63) is 91.3 Å². The molecule has 0 amide bonds. The molecule has 5 nitrogen and oxygen atoms in total. The Morgan fingerprint density at radius 3 is 2.46 bits per heavy atom. The molecule has 0 fully saturated rings. The molecule has 0 spiro atoms. The molecular formula is C21H18Cl2N2O3. The number of hydrogen-bond acceptors (Lipinski definition) is 4. The Balaban J connectivity index is 1.74. The van der Waals surface area contributed by atoms with Gasteiger partial charge in [-0.25, -0.2) is 4.68 Å². The monoisotopic (exact) mass is 416 g/mol. The molecule has 1 heterocycles. The molecule has 0 saturated heterocycles. The first-order chi connectivity index (χ1) is 13.3. The number of benzene rings is 2. The number of aromatic nitrogens is 2. The maximum absolute atomic E-state index is 12.5. The molecule has 0 aliphatic heterocycles. The number of nitrogens with zero attached hydrogens (tertiary/aromatic N) is 2. The van der Waals surface area contributed by atoms with Gasteiger partial charge in [-0.15, -0.1) is 0 Å². The minimum absolute atomic E-state index is 0.114. The molecule has 0 saturated carbocycles. The van der Waals surface area contributed by atoms with Gasteiger partial charge < -0.3 is 4.74 Å². The molecule has 0 N–H and O–H groups in total. The minimum Gasteiger partial charge on any atom is -0.485 e. The van der Waals surface area contributed by atoms with Gasteiger partial charge in [0.05, 0.1) is 6.20 Å². The SMILES string of the molecule is Cc1ccc(C(=O)Cn2ncc(OCc3ccc(Cl)cc3)c(Cl)c2=O)cc1C. The molecule has 28 heavy (non-hydrogen) atoms. The summed E-state index contributed by atoms with van der Waals surface area (Å²) in [4.78, 5) is 24.9. The molecule has 0 unspecified atom stereocenters. The number of carbonyl (C=O) groups is 1. The Morgan fingerprint density at radius 2 is 1.79 bits per heavy atom. The van der Waals surface area contributed by atoms with Crippen LogP contribution in [0.5, 0.6) is 5.75 Å². The second-order valence-corrected chi connectivity index (χ2v) is 7.24. The highest BCUT2D eigenvalue weighted by Crippen LogP contribution is 2.20. The minimum atomic E-state index is -0.576. The predicted octanol–water partition coefficient (Wildman–Crippen LogP) is 4.63. The Labute approximate surface area is 172 Å². The first-order valence-corrected chi connectivity index (χ1v) is 9.34. The summed E-state index contributed by atoms with van der Waals surface area (Å²) in [5.41, 5.74) is 2.92. The fourth-order valence-corrected chi connectivity index (χ4v) is 2.87. The van der Waals surface area contributed by atoms with Crippen molar-refractivity contribution in [3.63, 3.8) is 0 Å². The van der Waals surface area contributed by atoms with E-state index in [1.165, 1.54) is 6.20 Å². The van der Waals surface area contributed by atoms with Crippen LogP contribution >= 0.6 is 23.2 Å². The first kappa shape index (κ1) is 20.1. The number of hydrogen-bond donors (Lipinski definition) is 0. The van der Waals surface area contributed by atoms with Crippen molar-refractivity contribution in [2.75, 3.05) is 0 Å². The summed E-state index contributed by atoms with van der Waals surface area (Å²) in [6.07, 6.45) is 1.34. The van der Waals surface area contributed by atoms with Crippen molar-refractivity contribution in [1.82, 2.24) is 9.78 Å². The molecule has 0 aliphatic carbocycles. The second kappa shape index (κ2) is 8.59. The number of ether oxygens (including phenoxy) is 1. The molecule has 2 aromatic carbocycles. The third kappa shape index (κ3) is 4.61. The molecule has 3 aromatic rings. The maximum atomic E-state index is 12.5. The van der Waals surface area contributed by atoms with E-state index < -0.39 is 5.56 Å². The fourth-order valence-electron chi connectivity index (χ4n) is 2.55. The van der Waals surface area contributed by atoms with Crippen molar-refractivity contribution in [1.29, 1.82) is 0 Å². The molecule has 0 atom stereocenters. The third-order valence-electron chi connectivity index (χ3n) is 4.38. The molecule has 0 aliphatic rings. The average Bonchev–Trinajstić information content (AvgIpc) is 2.68. The molecule has 0 bridgehead atoms. The van der Waals surface area contributed by atoms with E-state index in [4.69, 9.17) is 27.9 Å². The van der Waals surface area contributed by atoms with Crippen LogP contribution in [0.25, 0.3) is 0 Å². The second-order valence-electron chi connectivity index (χ2n) is 6.42. The van der Waals surface area contributed by atoms with Gasteiger partial charge in [-0.1, -0.05) is 47.5 Å². The number of carbonyl (C=O) groups excluding carboxylic acids is 1. The van der Waals surface area contributed by atoms with Gasteiger partial charge in [0, 0.05) is 10.6 Å². The van der Waals surface area contributed by atoms with E-state index in [0.29, 0.717) is 10.6 Å². The van der Waals surface area contributed by atoms with Crippen LogP contribution in [-0.2, 0) is 13.2 Å². The van der Waals surface area contributed by atoms with E-state index in [2.05, 4.69) is 5.10 Å². The smallest absolute Gasteiger partial charge is 0.289 e. The standard InChI is InChI=1S/C21H18Cl2N2O3/c1-13-3-6-16(9-14(13)2)18(26)11-25-21(27)20(23)19(10-24-25)28-12-15-4-7-17(22)8-5-15/h3-10H,11-12H2,1-2H3. The van der Waals surface area contributed by atoms with Crippen LogP contribution in [0.15, 0.2) is 53.5 Å². The van der Waals surface area contributed by atoms with Gasteiger partial charge in [0.1, 0.15) is 13.2 Å². The quantitative estimate of drug-likeness (QED) is 0.549. The lowest BCUT2D eigenvalue weighted by Gasteiger charge is -2.10. The van der Waals surface area contributed by atoms with Gasteiger partial charge in [0.15, 0.2) is 16.6 Å². The lowest BCUT2D eigenvalue weighted by Crippen LogP contribution is -2.27. The van der Waals surface area contributed by atoms with Gasteiger partial charge in [-0.3, -0.25) is 9.59 Å². The van der Waals surface area contributed by atoms with Gasteiger partial charge in [0.2, 0.25) is 0 Å². The summed E-state index contributed by atoms with van der Waals surface area (Å²) >= 11 is 12.0. The molecule has 7 heteroatoms. The highest BCUT2D eigenvalue weighted by molar-refractivity contribution is 6.31.